The van der Waals surface area contributed by atoms with Crippen LogP contribution in [-0.2, 0) is 12.7 Å². The molecule has 9 heteroatoms. The van der Waals surface area contributed by atoms with Crippen molar-refractivity contribution in [1.82, 2.24) is 20.0 Å². The Kier molecular flexibility index (Phi) is 4.93. The summed E-state index contributed by atoms with van der Waals surface area (Å²) >= 11 is 1.62. The largest absolute Gasteiger partial charge is 0.433 e. The highest BCUT2D eigenvalue weighted by Crippen LogP contribution is 2.28. The van der Waals surface area contributed by atoms with Gasteiger partial charge in [-0.15, -0.1) is 16.9 Å². The fraction of sp³-hybridized carbons (Fsp3) is 0.188. The highest BCUT2D eigenvalue weighted by molar-refractivity contribution is 7.98. The van der Waals surface area contributed by atoms with Crippen LogP contribution in [0.5, 0.6) is 0 Å². The summed E-state index contributed by atoms with van der Waals surface area (Å²) in [6.07, 6.45) is 0.372. The number of nitrogens with one attached hydrogen (secondary N) is 1. The number of thioether (sulfide) groups is 1. The second-order valence-corrected chi connectivity index (χ2v) is 6.02. The lowest BCUT2D eigenvalue weighted by Gasteiger charge is -2.08. The monoisotopic (exact) mass is 365 g/mol. The van der Waals surface area contributed by atoms with Gasteiger partial charge >= 0.3 is 6.18 Å². The van der Waals surface area contributed by atoms with Crippen LogP contribution in [0.4, 0.5) is 18.9 Å². The van der Waals surface area contributed by atoms with E-state index < -0.39 is 11.9 Å². The maximum atomic E-state index is 12.7. The van der Waals surface area contributed by atoms with E-state index in [2.05, 4.69) is 20.6 Å². The summed E-state index contributed by atoms with van der Waals surface area (Å²) in [4.78, 5) is 4.43. The van der Waals surface area contributed by atoms with E-state index in [1.54, 1.807) is 22.6 Å². The highest BCUT2D eigenvalue weighted by Gasteiger charge is 2.32. The SMILES string of the molecule is CSc1cccc(-n2cc(CNc3ccnc(C(F)(F)F)c3)nn2)c1. The van der Waals surface area contributed by atoms with Crippen LogP contribution in [0.2, 0.25) is 0 Å². The first-order valence-corrected chi connectivity index (χ1v) is 8.51. The van der Waals surface area contributed by atoms with E-state index in [4.69, 9.17) is 0 Å². The molecule has 0 amide bonds. The van der Waals surface area contributed by atoms with Crippen molar-refractivity contribution >= 4 is 17.4 Å². The highest BCUT2D eigenvalue weighted by atomic mass is 32.2. The number of rotatable bonds is 5. The number of anilines is 1. The number of halogens is 3. The van der Waals surface area contributed by atoms with E-state index in [-0.39, 0.29) is 6.54 Å². The van der Waals surface area contributed by atoms with Gasteiger partial charge in [-0.3, -0.25) is 4.98 Å². The number of hydrogen-bond donors (Lipinski definition) is 1. The van der Waals surface area contributed by atoms with Gasteiger partial charge in [0.1, 0.15) is 11.4 Å². The van der Waals surface area contributed by atoms with Crippen LogP contribution in [0.15, 0.2) is 53.7 Å². The molecular formula is C16H14F3N5S. The summed E-state index contributed by atoms with van der Waals surface area (Å²) in [7, 11) is 0. The Labute approximate surface area is 146 Å². The molecule has 5 nitrogen and oxygen atoms in total. The molecule has 0 spiro atoms. The van der Waals surface area contributed by atoms with Crippen molar-refractivity contribution in [3.8, 4) is 5.69 Å². The van der Waals surface area contributed by atoms with Gasteiger partial charge in [0.25, 0.3) is 0 Å². The van der Waals surface area contributed by atoms with E-state index >= 15 is 0 Å². The fourth-order valence-electron chi connectivity index (χ4n) is 2.15. The predicted molar refractivity (Wildman–Crippen MR) is 89.7 cm³/mol. The first-order chi connectivity index (χ1) is 12.0. The smallest absolute Gasteiger partial charge is 0.379 e. The van der Waals surface area contributed by atoms with Crippen molar-refractivity contribution in [3.05, 3.63) is 60.2 Å². The maximum Gasteiger partial charge on any atom is 0.433 e. The van der Waals surface area contributed by atoms with Gasteiger partial charge in [0.15, 0.2) is 0 Å². The van der Waals surface area contributed by atoms with E-state index in [0.29, 0.717) is 11.4 Å². The quantitative estimate of drug-likeness (QED) is 0.692. The maximum absolute atomic E-state index is 12.7. The van der Waals surface area contributed by atoms with Crippen LogP contribution < -0.4 is 5.32 Å². The van der Waals surface area contributed by atoms with Gasteiger partial charge in [-0.1, -0.05) is 11.3 Å². The van der Waals surface area contributed by atoms with E-state index in [9.17, 15) is 13.2 Å². The van der Waals surface area contributed by atoms with Crippen molar-refractivity contribution in [3.63, 3.8) is 0 Å². The Hall–Kier alpha value is -2.55. The Bertz CT molecular complexity index is 863. The minimum absolute atomic E-state index is 0.254. The van der Waals surface area contributed by atoms with Gasteiger partial charge in [0.05, 0.1) is 18.4 Å². The third kappa shape index (κ3) is 4.30. The summed E-state index contributed by atoms with van der Waals surface area (Å²) in [5, 5.41) is 11.0. The zero-order valence-electron chi connectivity index (χ0n) is 13.2. The summed E-state index contributed by atoms with van der Waals surface area (Å²) < 4.78 is 39.6. The number of aromatic nitrogens is 4. The molecule has 0 aliphatic heterocycles. The van der Waals surface area contributed by atoms with Gasteiger partial charge in [0, 0.05) is 16.8 Å². The molecule has 2 heterocycles. The average molecular weight is 365 g/mol. The van der Waals surface area contributed by atoms with E-state index in [0.717, 1.165) is 22.8 Å². The van der Waals surface area contributed by atoms with Crippen LogP contribution in [0.1, 0.15) is 11.4 Å². The lowest BCUT2D eigenvalue weighted by molar-refractivity contribution is -0.141. The Morgan fingerprint density at radius 2 is 2.04 bits per heavy atom. The van der Waals surface area contributed by atoms with E-state index in [1.165, 1.54) is 6.07 Å². The van der Waals surface area contributed by atoms with Crippen molar-refractivity contribution in [2.45, 2.75) is 17.6 Å². The minimum Gasteiger partial charge on any atom is -0.379 e. The molecule has 0 atom stereocenters. The van der Waals surface area contributed by atoms with Gasteiger partial charge in [0.2, 0.25) is 0 Å². The van der Waals surface area contributed by atoms with E-state index in [1.807, 2.05) is 30.5 Å². The van der Waals surface area contributed by atoms with Crippen LogP contribution in [-0.4, -0.2) is 26.2 Å². The minimum atomic E-state index is -4.47. The number of nitrogens with zero attached hydrogens (tertiary/aromatic N) is 4. The third-order valence-corrected chi connectivity index (χ3v) is 4.11. The lowest BCUT2D eigenvalue weighted by atomic mass is 10.3. The molecule has 0 saturated carbocycles. The second kappa shape index (κ2) is 7.14. The molecule has 130 valence electrons. The van der Waals surface area contributed by atoms with Crippen LogP contribution >= 0.6 is 11.8 Å². The molecule has 0 aliphatic rings. The summed E-state index contributed by atoms with van der Waals surface area (Å²) in [6.45, 7) is 0.254. The third-order valence-electron chi connectivity index (χ3n) is 3.38. The van der Waals surface area contributed by atoms with Gasteiger partial charge < -0.3 is 5.32 Å². The van der Waals surface area contributed by atoms with Crippen molar-refractivity contribution in [2.24, 2.45) is 0 Å². The first kappa shape index (κ1) is 17.3. The number of hydrogen-bond acceptors (Lipinski definition) is 5. The Morgan fingerprint density at radius 3 is 2.80 bits per heavy atom. The molecule has 3 aromatic rings. The molecule has 3 rings (SSSR count). The molecule has 25 heavy (non-hydrogen) atoms. The second-order valence-electron chi connectivity index (χ2n) is 5.14. The number of pyridine rings is 1. The summed E-state index contributed by atoms with van der Waals surface area (Å²) in [6, 6.07) is 10.2. The zero-order valence-corrected chi connectivity index (χ0v) is 14.0. The molecule has 0 saturated heterocycles. The van der Waals surface area contributed by atoms with Crippen LogP contribution in [0.3, 0.4) is 0 Å². The molecule has 0 aliphatic carbocycles. The van der Waals surface area contributed by atoms with Crippen molar-refractivity contribution in [1.29, 1.82) is 0 Å². The molecule has 0 bridgehead atoms. The van der Waals surface area contributed by atoms with Crippen LogP contribution in [0.25, 0.3) is 5.69 Å². The fourth-order valence-corrected chi connectivity index (χ4v) is 2.60. The Balaban J connectivity index is 1.70. The van der Waals surface area contributed by atoms with Gasteiger partial charge in [-0.05, 0) is 36.6 Å². The summed E-state index contributed by atoms with van der Waals surface area (Å²) in [5.74, 6) is 0. The molecule has 0 radical (unpaired) electrons. The summed E-state index contributed by atoms with van der Waals surface area (Å²) in [5.41, 5.74) is 0.866. The number of alkyl halides is 3. The molecule has 1 aromatic carbocycles. The van der Waals surface area contributed by atoms with Gasteiger partial charge in [-0.2, -0.15) is 13.2 Å². The predicted octanol–water partition coefficient (Wildman–Crippen LogP) is 4.02. The molecule has 0 unspecified atom stereocenters. The standard InChI is InChI=1S/C16H14F3N5S/c1-25-14-4-2-3-13(8-14)24-10-12(22-23-24)9-21-11-5-6-20-15(7-11)16(17,18)19/h2-8,10H,9H2,1H3,(H,20,21). The Morgan fingerprint density at radius 1 is 1.20 bits per heavy atom. The van der Waals surface area contributed by atoms with Crippen molar-refractivity contribution < 1.29 is 13.2 Å². The number of benzene rings is 1. The molecule has 1 N–H and O–H groups in total. The van der Waals surface area contributed by atoms with Crippen molar-refractivity contribution in [2.75, 3.05) is 11.6 Å². The lowest BCUT2D eigenvalue weighted by Crippen LogP contribution is -2.09. The van der Waals surface area contributed by atoms with Gasteiger partial charge in [-0.25, -0.2) is 4.68 Å². The molecule has 0 fully saturated rings. The molecular weight excluding hydrogens is 351 g/mol. The normalized spacial score (nSPS) is 11.5. The molecule has 2 aromatic heterocycles. The van der Waals surface area contributed by atoms with Crippen LogP contribution in [0, 0.1) is 0 Å². The average Bonchev–Trinajstić information content (AvgIpc) is 3.09. The first-order valence-electron chi connectivity index (χ1n) is 7.28. The topological polar surface area (TPSA) is 55.6 Å². The zero-order chi connectivity index (χ0) is 17.9.